The molecule has 4 nitrogen and oxygen atoms in total. The lowest BCUT2D eigenvalue weighted by Gasteiger charge is -2.07. The zero-order chi connectivity index (χ0) is 15.6. The van der Waals surface area contributed by atoms with Crippen molar-refractivity contribution in [2.45, 2.75) is 12.8 Å². The lowest BCUT2D eigenvalue weighted by atomic mass is 10.1. The van der Waals surface area contributed by atoms with Crippen LogP contribution in [0.2, 0.25) is 0 Å². The first-order valence-electron chi connectivity index (χ1n) is 7.42. The first kappa shape index (κ1) is 15.8. The van der Waals surface area contributed by atoms with Crippen molar-refractivity contribution >= 4 is 11.6 Å². The van der Waals surface area contributed by atoms with Crippen LogP contribution in [0.25, 0.3) is 0 Å². The maximum atomic E-state index is 11.7. The van der Waals surface area contributed by atoms with Crippen molar-refractivity contribution in [2.75, 3.05) is 18.4 Å². The fourth-order valence-corrected chi connectivity index (χ4v) is 2.06. The molecule has 1 aromatic heterocycles. The van der Waals surface area contributed by atoms with Crippen molar-refractivity contribution in [3.63, 3.8) is 0 Å². The molecule has 114 valence electrons. The van der Waals surface area contributed by atoms with E-state index in [-0.39, 0.29) is 5.91 Å². The van der Waals surface area contributed by atoms with Gasteiger partial charge in [-0.2, -0.15) is 0 Å². The third kappa shape index (κ3) is 5.05. The summed E-state index contributed by atoms with van der Waals surface area (Å²) in [7, 11) is 0. The van der Waals surface area contributed by atoms with Crippen molar-refractivity contribution in [3.8, 4) is 0 Å². The first-order chi connectivity index (χ1) is 10.8. The smallest absolute Gasteiger partial charge is 0.270 e. The van der Waals surface area contributed by atoms with E-state index in [4.69, 9.17) is 0 Å². The van der Waals surface area contributed by atoms with Crippen LogP contribution in [0.4, 0.5) is 5.69 Å². The number of benzene rings is 1. The zero-order valence-electron chi connectivity index (χ0n) is 12.6. The number of carbonyl (C=O) groups excluding carboxylic acids is 1. The highest BCUT2D eigenvalue weighted by Crippen LogP contribution is 2.07. The average Bonchev–Trinajstić information content (AvgIpc) is 2.58. The van der Waals surface area contributed by atoms with E-state index >= 15 is 0 Å². The summed E-state index contributed by atoms with van der Waals surface area (Å²) in [6.07, 6.45) is 5.42. The topological polar surface area (TPSA) is 54.0 Å². The Balaban J connectivity index is 1.74. The number of pyridine rings is 1. The van der Waals surface area contributed by atoms with Crippen LogP contribution in [0.3, 0.4) is 0 Å². The lowest BCUT2D eigenvalue weighted by molar-refractivity contribution is 0.0953. The van der Waals surface area contributed by atoms with Gasteiger partial charge in [-0.05, 0) is 30.5 Å². The van der Waals surface area contributed by atoms with Crippen LogP contribution < -0.4 is 10.6 Å². The Labute approximate surface area is 131 Å². The third-order valence-corrected chi connectivity index (χ3v) is 3.22. The van der Waals surface area contributed by atoms with E-state index in [1.807, 2.05) is 12.1 Å². The molecule has 0 saturated heterocycles. The Hall–Kier alpha value is -2.62. The van der Waals surface area contributed by atoms with Crippen molar-refractivity contribution in [2.24, 2.45) is 0 Å². The molecular weight excluding hydrogens is 274 g/mol. The quantitative estimate of drug-likeness (QED) is 0.581. The minimum absolute atomic E-state index is 0.185. The molecule has 2 N–H and O–H groups in total. The molecule has 0 saturated carbocycles. The molecule has 1 amide bonds. The largest absolute Gasteiger partial charge is 0.384 e. The van der Waals surface area contributed by atoms with Crippen molar-refractivity contribution in [1.29, 1.82) is 0 Å². The molecule has 0 bridgehead atoms. The summed E-state index contributed by atoms with van der Waals surface area (Å²) in [6, 6.07) is 14.0. The Morgan fingerprint density at radius 1 is 1.18 bits per heavy atom. The van der Waals surface area contributed by atoms with Gasteiger partial charge in [0.2, 0.25) is 0 Å². The van der Waals surface area contributed by atoms with E-state index in [9.17, 15) is 4.79 Å². The number of hydrogen-bond donors (Lipinski definition) is 2. The molecule has 1 aromatic carbocycles. The van der Waals surface area contributed by atoms with Crippen molar-refractivity contribution in [3.05, 3.63) is 72.6 Å². The average molecular weight is 295 g/mol. The van der Waals surface area contributed by atoms with Crippen molar-refractivity contribution in [1.82, 2.24) is 10.3 Å². The van der Waals surface area contributed by atoms with Gasteiger partial charge in [0.1, 0.15) is 5.69 Å². The second-order valence-electron chi connectivity index (χ2n) is 4.95. The van der Waals surface area contributed by atoms with E-state index in [0.717, 1.165) is 25.1 Å². The SMILES string of the molecule is C=CCNC(=O)c1ccc(NCCCc2ccccc2)cn1. The van der Waals surface area contributed by atoms with Gasteiger partial charge in [-0.25, -0.2) is 4.98 Å². The van der Waals surface area contributed by atoms with Crippen LogP contribution in [-0.4, -0.2) is 24.0 Å². The van der Waals surface area contributed by atoms with E-state index in [1.54, 1.807) is 18.3 Å². The number of nitrogens with one attached hydrogen (secondary N) is 2. The monoisotopic (exact) mass is 295 g/mol. The molecule has 22 heavy (non-hydrogen) atoms. The molecule has 2 rings (SSSR count). The molecule has 0 fully saturated rings. The number of anilines is 1. The maximum absolute atomic E-state index is 11.7. The normalized spacial score (nSPS) is 10.0. The summed E-state index contributed by atoms with van der Waals surface area (Å²) in [6.45, 7) is 4.88. The summed E-state index contributed by atoms with van der Waals surface area (Å²) in [5.41, 5.74) is 2.68. The first-order valence-corrected chi connectivity index (χ1v) is 7.42. The molecule has 0 aliphatic carbocycles. The summed E-state index contributed by atoms with van der Waals surface area (Å²) < 4.78 is 0. The van der Waals surface area contributed by atoms with Gasteiger partial charge in [0.25, 0.3) is 5.91 Å². The van der Waals surface area contributed by atoms with Gasteiger partial charge in [-0.3, -0.25) is 4.79 Å². The van der Waals surface area contributed by atoms with Gasteiger partial charge in [-0.15, -0.1) is 6.58 Å². The fraction of sp³-hybridized carbons (Fsp3) is 0.222. The van der Waals surface area contributed by atoms with Crippen LogP contribution in [0.15, 0.2) is 61.3 Å². The van der Waals surface area contributed by atoms with Crippen LogP contribution >= 0.6 is 0 Å². The molecule has 0 unspecified atom stereocenters. The highest BCUT2D eigenvalue weighted by atomic mass is 16.1. The number of aryl methyl sites for hydroxylation is 1. The molecule has 4 heteroatoms. The standard InChI is InChI=1S/C18H21N3O/c1-2-12-20-18(22)17-11-10-16(14-21-17)19-13-6-9-15-7-4-3-5-8-15/h2-5,7-8,10-11,14,19H,1,6,9,12-13H2,(H,20,22). The van der Waals surface area contributed by atoms with Gasteiger partial charge in [0.15, 0.2) is 0 Å². The van der Waals surface area contributed by atoms with E-state index in [2.05, 4.69) is 46.5 Å². The fourth-order valence-electron chi connectivity index (χ4n) is 2.06. The highest BCUT2D eigenvalue weighted by molar-refractivity contribution is 5.92. The minimum atomic E-state index is -0.185. The maximum Gasteiger partial charge on any atom is 0.270 e. The predicted molar refractivity (Wildman–Crippen MR) is 90.0 cm³/mol. The Kier molecular flexibility index (Phi) is 6.18. The lowest BCUT2D eigenvalue weighted by Crippen LogP contribution is -2.24. The van der Waals surface area contributed by atoms with Gasteiger partial charge in [0, 0.05) is 13.1 Å². The highest BCUT2D eigenvalue weighted by Gasteiger charge is 2.05. The summed E-state index contributed by atoms with van der Waals surface area (Å²) in [5, 5.41) is 6.01. The van der Waals surface area contributed by atoms with Crippen LogP contribution in [-0.2, 0) is 6.42 Å². The summed E-state index contributed by atoms with van der Waals surface area (Å²) in [4.78, 5) is 15.8. The number of aromatic nitrogens is 1. The zero-order valence-corrected chi connectivity index (χ0v) is 12.6. The van der Waals surface area contributed by atoms with Gasteiger partial charge in [0.05, 0.1) is 11.9 Å². The van der Waals surface area contributed by atoms with Gasteiger partial charge in [-0.1, -0.05) is 36.4 Å². The van der Waals surface area contributed by atoms with Crippen molar-refractivity contribution < 1.29 is 4.79 Å². The Morgan fingerprint density at radius 2 is 2.00 bits per heavy atom. The second kappa shape index (κ2) is 8.62. The van der Waals surface area contributed by atoms with Gasteiger partial charge >= 0.3 is 0 Å². The predicted octanol–water partition coefficient (Wildman–Crippen LogP) is 3.04. The summed E-state index contributed by atoms with van der Waals surface area (Å²) >= 11 is 0. The molecule has 0 spiro atoms. The Bertz CT molecular complexity index is 593. The minimum Gasteiger partial charge on any atom is -0.384 e. The number of rotatable bonds is 8. The number of amides is 1. The van der Waals surface area contributed by atoms with E-state index in [0.29, 0.717) is 12.2 Å². The number of carbonyl (C=O) groups is 1. The molecule has 1 heterocycles. The van der Waals surface area contributed by atoms with Gasteiger partial charge < -0.3 is 10.6 Å². The number of nitrogens with zero attached hydrogens (tertiary/aromatic N) is 1. The van der Waals surface area contributed by atoms with E-state index < -0.39 is 0 Å². The molecule has 0 atom stereocenters. The molecule has 0 aliphatic rings. The van der Waals surface area contributed by atoms with Crippen LogP contribution in [0, 0.1) is 0 Å². The van der Waals surface area contributed by atoms with Crippen LogP contribution in [0.1, 0.15) is 22.5 Å². The molecule has 0 radical (unpaired) electrons. The Morgan fingerprint density at radius 3 is 2.68 bits per heavy atom. The molecule has 2 aromatic rings. The second-order valence-corrected chi connectivity index (χ2v) is 4.95. The third-order valence-electron chi connectivity index (χ3n) is 3.22. The van der Waals surface area contributed by atoms with E-state index in [1.165, 1.54) is 5.56 Å². The summed E-state index contributed by atoms with van der Waals surface area (Å²) in [5.74, 6) is -0.185. The molecular formula is C18H21N3O. The number of hydrogen-bond acceptors (Lipinski definition) is 3. The van der Waals surface area contributed by atoms with Crippen LogP contribution in [0.5, 0.6) is 0 Å². The molecule has 0 aliphatic heterocycles.